The van der Waals surface area contributed by atoms with Crippen LogP contribution < -0.4 is 0 Å². The van der Waals surface area contributed by atoms with Gasteiger partial charge in [0.1, 0.15) is 11.0 Å². The van der Waals surface area contributed by atoms with Gasteiger partial charge in [0, 0.05) is 11.4 Å². The van der Waals surface area contributed by atoms with E-state index in [1.165, 1.54) is 7.11 Å². The number of rotatable bonds is 5. The Morgan fingerprint density at radius 1 is 1.56 bits per heavy atom. The Morgan fingerprint density at radius 2 is 2.31 bits per heavy atom. The number of hydrogen-bond acceptors (Lipinski definition) is 5. The molecular formula is C10H13ClN2O2S. The minimum atomic E-state index is -0.198. The summed E-state index contributed by atoms with van der Waals surface area (Å²) in [4.78, 5) is 19.2. The number of aromatic nitrogens is 2. The van der Waals surface area contributed by atoms with E-state index in [1.54, 1.807) is 17.8 Å². The number of aryl methyl sites for hydroxylation is 1. The first-order valence-corrected chi connectivity index (χ1v) is 6.29. The van der Waals surface area contributed by atoms with Gasteiger partial charge in [0.15, 0.2) is 0 Å². The number of carbonyl (C=O) groups is 1. The molecule has 0 unspecified atom stereocenters. The van der Waals surface area contributed by atoms with Gasteiger partial charge >= 0.3 is 5.97 Å². The quantitative estimate of drug-likeness (QED) is 0.462. The molecule has 0 aliphatic carbocycles. The number of carbonyl (C=O) groups excluding carboxylic acids is 1. The predicted molar refractivity (Wildman–Crippen MR) is 64.6 cm³/mol. The summed E-state index contributed by atoms with van der Waals surface area (Å²) in [6.45, 7) is 1.87. The van der Waals surface area contributed by atoms with Crippen LogP contribution in [0.1, 0.15) is 17.9 Å². The third kappa shape index (κ3) is 4.81. The molecule has 0 aliphatic heterocycles. The number of thioether (sulfide) groups is 1. The highest BCUT2D eigenvalue weighted by atomic mass is 35.5. The molecule has 0 spiro atoms. The minimum absolute atomic E-state index is 0.198. The molecule has 0 radical (unpaired) electrons. The second-order valence-corrected chi connectivity index (χ2v) is 4.62. The van der Waals surface area contributed by atoms with E-state index in [9.17, 15) is 4.79 Å². The van der Waals surface area contributed by atoms with Gasteiger partial charge in [0.2, 0.25) is 0 Å². The summed E-state index contributed by atoms with van der Waals surface area (Å²) in [5.41, 5.74) is 0.851. The zero-order chi connectivity index (χ0) is 12.0. The predicted octanol–water partition coefficient (Wildman–Crippen LogP) is 2.23. The third-order valence-electron chi connectivity index (χ3n) is 1.78. The van der Waals surface area contributed by atoms with Gasteiger partial charge in [-0.25, -0.2) is 9.97 Å². The Labute approximate surface area is 104 Å². The van der Waals surface area contributed by atoms with E-state index >= 15 is 0 Å². The SMILES string of the molecule is COC(=O)CCSCc1nc(C)cc(Cl)n1. The van der Waals surface area contributed by atoms with Crippen molar-refractivity contribution in [1.29, 1.82) is 0 Å². The summed E-state index contributed by atoms with van der Waals surface area (Å²) in [6, 6.07) is 1.71. The van der Waals surface area contributed by atoms with Crippen molar-refractivity contribution in [3.05, 3.63) is 22.7 Å². The van der Waals surface area contributed by atoms with Gasteiger partial charge in [0.25, 0.3) is 0 Å². The summed E-state index contributed by atoms with van der Waals surface area (Å²) >= 11 is 7.38. The summed E-state index contributed by atoms with van der Waals surface area (Å²) in [5.74, 6) is 1.84. The number of methoxy groups -OCH3 is 1. The van der Waals surface area contributed by atoms with Gasteiger partial charge in [-0.3, -0.25) is 4.79 Å². The van der Waals surface area contributed by atoms with E-state index in [2.05, 4.69) is 14.7 Å². The third-order valence-corrected chi connectivity index (χ3v) is 2.93. The van der Waals surface area contributed by atoms with Crippen molar-refractivity contribution >= 4 is 29.3 Å². The first-order valence-electron chi connectivity index (χ1n) is 4.76. The summed E-state index contributed by atoms with van der Waals surface area (Å²) in [6.07, 6.45) is 0.403. The minimum Gasteiger partial charge on any atom is -0.469 e. The first-order chi connectivity index (χ1) is 7.61. The van der Waals surface area contributed by atoms with E-state index in [0.29, 0.717) is 28.9 Å². The number of nitrogens with zero attached hydrogens (tertiary/aromatic N) is 2. The molecule has 0 fully saturated rings. The Balaban J connectivity index is 2.34. The highest BCUT2D eigenvalue weighted by Gasteiger charge is 2.03. The normalized spacial score (nSPS) is 10.2. The summed E-state index contributed by atoms with van der Waals surface area (Å²) in [5, 5.41) is 0.455. The molecule has 0 saturated carbocycles. The largest absolute Gasteiger partial charge is 0.469 e. The maximum absolute atomic E-state index is 10.8. The van der Waals surface area contributed by atoms with Crippen molar-refractivity contribution < 1.29 is 9.53 Å². The van der Waals surface area contributed by atoms with Crippen LogP contribution in [0.25, 0.3) is 0 Å². The smallest absolute Gasteiger partial charge is 0.306 e. The maximum Gasteiger partial charge on any atom is 0.306 e. The lowest BCUT2D eigenvalue weighted by molar-refractivity contribution is -0.140. The number of esters is 1. The lowest BCUT2D eigenvalue weighted by Gasteiger charge is -2.02. The van der Waals surface area contributed by atoms with Gasteiger partial charge in [-0.05, 0) is 13.0 Å². The Bertz CT molecular complexity index is 354. The second kappa shape index (κ2) is 6.70. The molecule has 6 heteroatoms. The molecule has 4 nitrogen and oxygen atoms in total. The average molecular weight is 261 g/mol. The fourth-order valence-corrected chi connectivity index (χ4v) is 2.10. The van der Waals surface area contributed by atoms with Crippen LogP contribution in [-0.2, 0) is 15.3 Å². The zero-order valence-corrected chi connectivity index (χ0v) is 10.8. The molecule has 1 rings (SSSR count). The van der Waals surface area contributed by atoms with Crippen LogP contribution in [0.3, 0.4) is 0 Å². The maximum atomic E-state index is 10.8. The van der Waals surface area contributed by atoms with E-state index < -0.39 is 0 Å². The van der Waals surface area contributed by atoms with Crippen molar-refractivity contribution in [3.63, 3.8) is 0 Å². The van der Waals surface area contributed by atoms with Crippen LogP contribution in [0, 0.1) is 6.92 Å². The van der Waals surface area contributed by atoms with Crippen LogP contribution in [0.2, 0.25) is 5.15 Å². The Morgan fingerprint density at radius 3 is 2.94 bits per heavy atom. The lowest BCUT2D eigenvalue weighted by Crippen LogP contribution is -2.02. The zero-order valence-electron chi connectivity index (χ0n) is 9.20. The van der Waals surface area contributed by atoms with Crippen LogP contribution in [0.5, 0.6) is 0 Å². The summed E-state index contributed by atoms with van der Waals surface area (Å²) < 4.78 is 4.54. The molecule has 0 bridgehead atoms. The second-order valence-electron chi connectivity index (χ2n) is 3.13. The van der Waals surface area contributed by atoms with Gasteiger partial charge in [-0.15, -0.1) is 0 Å². The lowest BCUT2D eigenvalue weighted by atomic mass is 10.4. The molecule has 0 amide bonds. The van der Waals surface area contributed by atoms with Crippen LogP contribution in [-0.4, -0.2) is 28.8 Å². The Kier molecular flexibility index (Phi) is 5.55. The average Bonchev–Trinajstić information content (AvgIpc) is 2.22. The van der Waals surface area contributed by atoms with Crippen molar-refractivity contribution in [1.82, 2.24) is 9.97 Å². The molecular weight excluding hydrogens is 248 g/mol. The van der Waals surface area contributed by atoms with Crippen molar-refractivity contribution in [3.8, 4) is 0 Å². The first kappa shape index (κ1) is 13.3. The van der Waals surface area contributed by atoms with Crippen molar-refractivity contribution in [2.75, 3.05) is 12.9 Å². The highest BCUT2D eigenvalue weighted by Crippen LogP contribution is 2.13. The van der Waals surface area contributed by atoms with Gasteiger partial charge in [-0.1, -0.05) is 11.6 Å². The molecule has 88 valence electrons. The van der Waals surface area contributed by atoms with Crippen LogP contribution in [0.4, 0.5) is 0 Å². The molecule has 0 aliphatic rings. The van der Waals surface area contributed by atoms with E-state index in [4.69, 9.17) is 11.6 Å². The number of halogens is 1. The van der Waals surface area contributed by atoms with Crippen molar-refractivity contribution in [2.24, 2.45) is 0 Å². The fourth-order valence-electron chi connectivity index (χ4n) is 1.07. The monoisotopic (exact) mass is 260 g/mol. The van der Waals surface area contributed by atoms with E-state index in [0.717, 1.165) is 5.69 Å². The van der Waals surface area contributed by atoms with E-state index in [-0.39, 0.29) is 5.97 Å². The standard InChI is InChI=1S/C10H13ClN2O2S/c1-7-5-8(11)13-9(12-7)6-16-4-3-10(14)15-2/h5H,3-4,6H2,1-2H3. The molecule has 0 saturated heterocycles. The molecule has 1 aromatic heterocycles. The van der Waals surface area contributed by atoms with Crippen LogP contribution >= 0.6 is 23.4 Å². The fraction of sp³-hybridized carbons (Fsp3) is 0.500. The van der Waals surface area contributed by atoms with Crippen molar-refractivity contribution in [2.45, 2.75) is 19.1 Å². The van der Waals surface area contributed by atoms with Gasteiger partial charge < -0.3 is 4.74 Å². The molecule has 0 aromatic carbocycles. The van der Waals surface area contributed by atoms with Crippen LogP contribution in [0.15, 0.2) is 6.07 Å². The molecule has 16 heavy (non-hydrogen) atoms. The van der Waals surface area contributed by atoms with Gasteiger partial charge in [-0.2, -0.15) is 11.8 Å². The molecule has 1 heterocycles. The summed E-state index contributed by atoms with van der Waals surface area (Å²) in [7, 11) is 1.39. The molecule has 1 aromatic rings. The van der Waals surface area contributed by atoms with E-state index in [1.807, 2.05) is 6.92 Å². The van der Waals surface area contributed by atoms with Gasteiger partial charge in [0.05, 0.1) is 19.3 Å². The molecule has 0 N–H and O–H groups in total. The number of hydrogen-bond donors (Lipinski definition) is 0. The highest BCUT2D eigenvalue weighted by molar-refractivity contribution is 7.98. The Hall–Kier alpha value is -0.810. The molecule has 0 atom stereocenters. The topological polar surface area (TPSA) is 52.1 Å². The number of ether oxygens (including phenoxy) is 1.